The molecule has 0 aliphatic rings. The van der Waals surface area contributed by atoms with Crippen molar-refractivity contribution in [1.29, 1.82) is 0 Å². The van der Waals surface area contributed by atoms with Crippen molar-refractivity contribution >= 4 is 11.8 Å². The van der Waals surface area contributed by atoms with Crippen molar-refractivity contribution in [1.82, 2.24) is 15.6 Å². The van der Waals surface area contributed by atoms with E-state index in [1.54, 1.807) is 30.3 Å². The largest absolute Gasteiger partial charge is 0.573 e. The molecule has 0 saturated heterocycles. The van der Waals surface area contributed by atoms with Gasteiger partial charge in [-0.1, -0.05) is 36.4 Å². The van der Waals surface area contributed by atoms with Gasteiger partial charge in [-0.2, -0.15) is 0 Å². The number of halogens is 4. The van der Waals surface area contributed by atoms with Gasteiger partial charge in [-0.3, -0.25) is 14.6 Å². The Balaban J connectivity index is 1.48. The number of para-hydroxylation sites is 2. The number of rotatable bonds is 11. The Morgan fingerprint density at radius 2 is 1.39 bits per heavy atom. The number of pyridine rings is 1. The SMILES string of the molecule is O=C(NCCc1ccccc1OCF)c1ccc(C(=O)NCCc2ccccc2OC(F)(F)F)nc1. The number of benzene rings is 2. The molecule has 0 saturated carbocycles. The molecule has 2 N–H and O–H groups in total. The summed E-state index contributed by atoms with van der Waals surface area (Å²) >= 11 is 0. The highest BCUT2D eigenvalue weighted by Crippen LogP contribution is 2.26. The van der Waals surface area contributed by atoms with Gasteiger partial charge < -0.3 is 20.1 Å². The van der Waals surface area contributed by atoms with E-state index >= 15 is 0 Å². The maximum atomic E-state index is 12.5. The number of nitrogens with zero attached hydrogens (tertiary/aromatic N) is 1. The van der Waals surface area contributed by atoms with E-state index in [2.05, 4.69) is 20.4 Å². The highest BCUT2D eigenvalue weighted by Gasteiger charge is 2.31. The Kier molecular flexibility index (Phi) is 9.20. The first-order valence-corrected chi connectivity index (χ1v) is 10.9. The van der Waals surface area contributed by atoms with Gasteiger partial charge >= 0.3 is 6.36 Å². The lowest BCUT2D eigenvalue weighted by Gasteiger charge is -2.13. The summed E-state index contributed by atoms with van der Waals surface area (Å²) in [6.45, 7) is -0.628. The summed E-state index contributed by atoms with van der Waals surface area (Å²) < 4.78 is 59.0. The minimum absolute atomic E-state index is 0.0451. The summed E-state index contributed by atoms with van der Waals surface area (Å²) in [6.07, 6.45) is -3.03. The van der Waals surface area contributed by atoms with Crippen LogP contribution < -0.4 is 20.1 Å². The number of amides is 2. The molecule has 2 aromatic carbocycles. The van der Waals surface area contributed by atoms with Gasteiger partial charge in [0.15, 0.2) is 0 Å². The smallest absolute Gasteiger partial charge is 0.463 e. The number of hydrogen-bond acceptors (Lipinski definition) is 5. The Hall–Kier alpha value is -4.15. The maximum Gasteiger partial charge on any atom is 0.573 e. The third-order valence-electron chi connectivity index (χ3n) is 5.00. The Bertz CT molecular complexity index is 1170. The molecule has 1 heterocycles. The fraction of sp³-hybridized carbons (Fsp3) is 0.240. The van der Waals surface area contributed by atoms with Gasteiger partial charge in [0, 0.05) is 19.3 Å². The Labute approximate surface area is 204 Å². The van der Waals surface area contributed by atoms with E-state index in [0.29, 0.717) is 12.2 Å². The second-order valence-electron chi connectivity index (χ2n) is 7.46. The molecule has 2 amide bonds. The van der Waals surface area contributed by atoms with Gasteiger partial charge in [0.25, 0.3) is 11.8 Å². The number of ether oxygens (including phenoxy) is 2. The topological polar surface area (TPSA) is 89.5 Å². The second-order valence-corrected chi connectivity index (χ2v) is 7.46. The van der Waals surface area contributed by atoms with E-state index in [1.807, 2.05) is 0 Å². The Morgan fingerprint density at radius 3 is 1.97 bits per heavy atom. The lowest BCUT2D eigenvalue weighted by molar-refractivity contribution is -0.274. The first-order valence-electron chi connectivity index (χ1n) is 10.9. The van der Waals surface area contributed by atoms with Crippen LogP contribution in [0, 0.1) is 0 Å². The van der Waals surface area contributed by atoms with E-state index in [1.165, 1.54) is 36.5 Å². The first kappa shape index (κ1) is 26.5. The minimum atomic E-state index is -4.81. The Morgan fingerprint density at radius 1 is 0.806 bits per heavy atom. The predicted molar refractivity (Wildman–Crippen MR) is 122 cm³/mol. The summed E-state index contributed by atoms with van der Waals surface area (Å²) in [7, 11) is 0. The lowest BCUT2D eigenvalue weighted by atomic mass is 10.1. The van der Waals surface area contributed by atoms with Crippen molar-refractivity contribution in [3.05, 3.63) is 89.2 Å². The zero-order valence-corrected chi connectivity index (χ0v) is 19.0. The summed E-state index contributed by atoms with van der Waals surface area (Å²) in [5.41, 5.74) is 1.31. The average molecular weight is 505 g/mol. The van der Waals surface area contributed by atoms with Crippen LogP contribution in [-0.4, -0.2) is 43.1 Å². The highest BCUT2D eigenvalue weighted by atomic mass is 19.4. The molecule has 3 aromatic rings. The molecule has 190 valence electrons. The molecule has 0 atom stereocenters. The van der Waals surface area contributed by atoms with Crippen LogP contribution in [0.5, 0.6) is 11.5 Å². The molecular formula is C25H23F4N3O4. The second kappa shape index (κ2) is 12.5. The molecule has 0 spiro atoms. The van der Waals surface area contributed by atoms with E-state index in [-0.39, 0.29) is 42.1 Å². The van der Waals surface area contributed by atoms with Crippen molar-refractivity contribution in [2.75, 3.05) is 20.0 Å². The quantitative estimate of drug-likeness (QED) is 0.381. The van der Waals surface area contributed by atoms with Crippen LogP contribution in [0.25, 0.3) is 0 Å². The monoisotopic (exact) mass is 505 g/mol. The fourth-order valence-electron chi connectivity index (χ4n) is 3.32. The molecular weight excluding hydrogens is 482 g/mol. The van der Waals surface area contributed by atoms with Gasteiger partial charge in [-0.05, 0) is 48.2 Å². The van der Waals surface area contributed by atoms with Gasteiger partial charge in [0.1, 0.15) is 17.2 Å². The van der Waals surface area contributed by atoms with Crippen molar-refractivity contribution in [3.8, 4) is 11.5 Å². The first-order chi connectivity index (χ1) is 17.3. The maximum absolute atomic E-state index is 12.5. The molecule has 11 heteroatoms. The molecule has 3 rings (SSSR count). The van der Waals surface area contributed by atoms with Crippen LogP contribution in [0.2, 0.25) is 0 Å². The number of carbonyl (C=O) groups excluding carboxylic acids is 2. The van der Waals surface area contributed by atoms with Crippen molar-refractivity contribution in [3.63, 3.8) is 0 Å². The van der Waals surface area contributed by atoms with Crippen LogP contribution in [0.4, 0.5) is 17.6 Å². The molecule has 7 nitrogen and oxygen atoms in total. The van der Waals surface area contributed by atoms with Gasteiger partial charge in [0.05, 0.1) is 5.56 Å². The van der Waals surface area contributed by atoms with Crippen molar-refractivity contribution in [2.45, 2.75) is 19.2 Å². The molecule has 0 bridgehead atoms. The van der Waals surface area contributed by atoms with Crippen molar-refractivity contribution < 1.29 is 36.6 Å². The van der Waals surface area contributed by atoms with Gasteiger partial charge in [-0.25, -0.2) is 4.39 Å². The zero-order valence-electron chi connectivity index (χ0n) is 19.0. The van der Waals surface area contributed by atoms with Crippen LogP contribution in [0.3, 0.4) is 0 Å². The standard InChI is InChI=1S/C25H23F4N3O4/c26-16-35-21-7-3-1-5-17(21)11-13-30-23(33)19-9-10-20(32-15-19)24(34)31-14-12-18-6-2-4-8-22(18)36-25(27,28)29/h1-10,15H,11-14,16H2,(H,30,33)(H,31,34). The zero-order chi connectivity index (χ0) is 26.0. The van der Waals surface area contributed by atoms with Crippen LogP contribution in [0.15, 0.2) is 66.9 Å². The van der Waals surface area contributed by atoms with E-state index in [4.69, 9.17) is 4.74 Å². The van der Waals surface area contributed by atoms with Crippen molar-refractivity contribution in [2.24, 2.45) is 0 Å². The highest BCUT2D eigenvalue weighted by molar-refractivity contribution is 5.96. The number of nitrogens with one attached hydrogen (secondary N) is 2. The summed E-state index contributed by atoms with van der Waals surface area (Å²) in [5.74, 6) is -0.867. The summed E-state index contributed by atoms with van der Waals surface area (Å²) in [6, 6.07) is 15.4. The third-order valence-corrected chi connectivity index (χ3v) is 5.00. The predicted octanol–water partition coefficient (Wildman–Crippen LogP) is 4.23. The van der Waals surface area contributed by atoms with E-state index in [9.17, 15) is 27.2 Å². The molecule has 0 radical (unpaired) electrons. The normalized spacial score (nSPS) is 11.0. The number of carbonyl (C=O) groups is 2. The summed E-state index contributed by atoms with van der Waals surface area (Å²) in [5, 5.41) is 5.30. The van der Waals surface area contributed by atoms with Crippen LogP contribution >= 0.6 is 0 Å². The molecule has 0 aliphatic carbocycles. The van der Waals surface area contributed by atoms with Crippen LogP contribution in [-0.2, 0) is 12.8 Å². The molecule has 36 heavy (non-hydrogen) atoms. The third kappa shape index (κ3) is 7.97. The molecule has 0 aliphatic heterocycles. The fourth-order valence-corrected chi connectivity index (χ4v) is 3.32. The number of hydrogen-bond donors (Lipinski definition) is 2. The molecule has 0 fully saturated rings. The van der Waals surface area contributed by atoms with E-state index in [0.717, 1.165) is 5.56 Å². The average Bonchev–Trinajstić information content (AvgIpc) is 2.85. The lowest BCUT2D eigenvalue weighted by Crippen LogP contribution is -2.28. The number of alkyl halides is 4. The minimum Gasteiger partial charge on any atom is -0.463 e. The van der Waals surface area contributed by atoms with Gasteiger partial charge in [-0.15, -0.1) is 13.2 Å². The molecule has 0 unspecified atom stereocenters. The van der Waals surface area contributed by atoms with Gasteiger partial charge in [0.2, 0.25) is 6.86 Å². The summed E-state index contributed by atoms with van der Waals surface area (Å²) in [4.78, 5) is 28.7. The number of aromatic nitrogens is 1. The molecule has 1 aromatic heterocycles. The van der Waals surface area contributed by atoms with Crippen LogP contribution in [0.1, 0.15) is 32.0 Å². The van der Waals surface area contributed by atoms with E-state index < -0.39 is 25.0 Å².